The van der Waals surface area contributed by atoms with Crippen molar-refractivity contribution in [2.75, 3.05) is 24.9 Å². The van der Waals surface area contributed by atoms with Gasteiger partial charge in [-0.2, -0.15) is 10.2 Å². The van der Waals surface area contributed by atoms with Crippen LogP contribution in [0.3, 0.4) is 0 Å². The van der Waals surface area contributed by atoms with Crippen molar-refractivity contribution in [2.45, 2.75) is 13.8 Å². The predicted molar refractivity (Wildman–Crippen MR) is 170 cm³/mol. The van der Waals surface area contributed by atoms with Gasteiger partial charge in [0.05, 0.1) is 54.9 Å². The van der Waals surface area contributed by atoms with E-state index in [4.69, 9.17) is 14.6 Å². The smallest absolute Gasteiger partial charge is 0.339 e. The van der Waals surface area contributed by atoms with E-state index in [0.29, 0.717) is 28.3 Å². The molecule has 0 spiro atoms. The van der Waals surface area contributed by atoms with Gasteiger partial charge in [0.1, 0.15) is 17.1 Å². The van der Waals surface area contributed by atoms with Crippen LogP contribution in [0.1, 0.15) is 32.1 Å². The Bertz CT molecular complexity index is 1820. The number of carbonyl (C=O) groups excluding carboxylic acids is 2. The van der Waals surface area contributed by atoms with Gasteiger partial charge in [-0.15, -0.1) is 0 Å². The molecule has 0 bridgehead atoms. The molecule has 0 aliphatic heterocycles. The van der Waals surface area contributed by atoms with E-state index in [9.17, 15) is 14.4 Å². The zero-order valence-corrected chi connectivity index (χ0v) is 25.1. The summed E-state index contributed by atoms with van der Waals surface area (Å²) in [6.45, 7) is 6.97. The van der Waals surface area contributed by atoms with Crippen LogP contribution in [0.4, 0.5) is 11.4 Å². The van der Waals surface area contributed by atoms with E-state index >= 15 is 0 Å². The van der Waals surface area contributed by atoms with E-state index in [0.717, 1.165) is 22.9 Å². The minimum atomic E-state index is -0.970. The molecular weight excluding hydrogens is 576 g/mol. The summed E-state index contributed by atoms with van der Waals surface area (Å²) in [6.07, 6.45) is 4.06. The first-order valence-electron chi connectivity index (χ1n) is 13.6. The van der Waals surface area contributed by atoms with Crippen molar-refractivity contribution in [3.05, 3.63) is 120 Å². The van der Waals surface area contributed by atoms with Gasteiger partial charge in [0.25, 0.3) is 5.91 Å². The molecule has 12 nitrogen and oxygen atoms in total. The molecule has 2 amide bonds. The third-order valence-electron chi connectivity index (χ3n) is 6.70. The molecular formula is C33H32N6O6. The Hall–Kier alpha value is -6.17. The second-order valence-electron chi connectivity index (χ2n) is 9.54. The Kier molecular flexibility index (Phi) is 10.1. The van der Waals surface area contributed by atoms with Crippen LogP contribution in [0, 0.1) is 13.8 Å². The number of hydrogen-bond acceptors (Lipinski definition) is 7. The average Bonchev–Trinajstić information content (AvgIpc) is 3.64. The number of aromatic carboxylic acids is 1. The van der Waals surface area contributed by atoms with Gasteiger partial charge in [0, 0.05) is 11.4 Å². The Labute approximate surface area is 259 Å². The van der Waals surface area contributed by atoms with E-state index in [2.05, 4.69) is 27.4 Å². The second-order valence-corrected chi connectivity index (χ2v) is 9.54. The number of anilines is 2. The lowest BCUT2D eigenvalue weighted by Crippen LogP contribution is -2.14. The lowest BCUT2D eigenvalue weighted by atomic mass is 10.2. The summed E-state index contributed by atoms with van der Waals surface area (Å²) in [4.78, 5) is 35.0. The highest BCUT2D eigenvalue weighted by molar-refractivity contribution is 6.05. The first kappa shape index (κ1) is 31.8. The predicted octanol–water partition coefficient (Wildman–Crippen LogP) is 5.45. The quantitative estimate of drug-likeness (QED) is 0.187. The van der Waals surface area contributed by atoms with Gasteiger partial charge in [0.2, 0.25) is 5.91 Å². The Morgan fingerprint density at radius 3 is 1.67 bits per heavy atom. The fourth-order valence-corrected chi connectivity index (χ4v) is 4.29. The number of rotatable bonds is 9. The summed E-state index contributed by atoms with van der Waals surface area (Å²) >= 11 is 0. The number of benzene rings is 3. The number of nitrogens with zero attached hydrogens (tertiary/aromatic N) is 4. The van der Waals surface area contributed by atoms with Gasteiger partial charge in [-0.3, -0.25) is 9.59 Å². The standard InChI is InChI=1S/C21H20N4O3.C12H12N2O3/c1-4-20(26)23-15-6-5-7-16(12-15)24-21(27)19-13-22-25(14(19)2)17-8-10-18(28-3)11-9-17;1-8-11(12(15)16)7-13-14(8)9-3-5-10(17-2)6-4-9/h4-13H,1H2,2-3H3,(H,23,26)(H,24,27);3-7H,1-2H3,(H,15,16). The highest BCUT2D eigenvalue weighted by atomic mass is 16.5. The molecule has 230 valence electrons. The van der Waals surface area contributed by atoms with Crippen molar-refractivity contribution in [3.63, 3.8) is 0 Å². The van der Waals surface area contributed by atoms with Crippen molar-refractivity contribution in [2.24, 2.45) is 0 Å². The topological polar surface area (TPSA) is 150 Å². The maximum atomic E-state index is 12.7. The van der Waals surface area contributed by atoms with E-state index in [1.807, 2.05) is 43.3 Å². The fraction of sp³-hybridized carbons (Fsp3) is 0.121. The van der Waals surface area contributed by atoms with Crippen molar-refractivity contribution in [1.82, 2.24) is 19.6 Å². The van der Waals surface area contributed by atoms with Crippen molar-refractivity contribution in [3.8, 4) is 22.9 Å². The number of amides is 2. The Morgan fingerprint density at radius 1 is 0.756 bits per heavy atom. The number of hydrogen-bond donors (Lipinski definition) is 3. The zero-order valence-electron chi connectivity index (χ0n) is 25.1. The molecule has 0 saturated carbocycles. The molecule has 0 unspecified atom stereocenters. The molecule has 3 N–H and O–H groups in total. The van der Waals surface area contributed by atoms with Gasteiger partial charge in [-0.1, -0.05) is 12.6 Å². The van der Waals surface area contributed by atoms with E-state index < -0.39 is 5.97 Å². The third kappa shape index (κ3) is 7.62. The molecule has 45 heavy (non-hydrogen) atoms. The van der Waals surface area contributed by atoms with Gasteiger partial charge in [-0.25, -0.2) is 14.2 Å². The number of carbonyl (C=O) groups is 3. The summed E-state index contributed by atoms with van der Waals surface area (Å²) in [5.74, 6) is -0.0845. The number of methoxy groups -OCH3 is 2. The van der Waals surface area contributed by atoms with Crippen LogP contribution in [-0.4, -0.2) is 56.7 Å². The first-order valence-corrected chi connectivity index (χ1v) is 13.6. The Morgan fingerprint density at radius 2 is 1.22 bits per heavy atom. The molecule has 0 saturated heterocycles. The highest BCUT2D eigenvalue weighted by Gasteiger charge is 2.16. The van der Waals surface area contributed by atoms with Crippen LogP contribution in [0.25, 0.3) is 11.4 Å². The third-order valence-corrected chi connectivity index (χ3v) is 6.70. The summed E-state index contributed by atoms with van der Waals surface area (Å²) in [7, 11) is 3.20. The lowest BCUT2D eigenvalue weighted by molar-refractivity contribution is -0.111. The molecule has 2 aromatic heterocycles. The number of nitrogens with one attached hydrogen (secondary N) is 2. The van der Waals surface area contributed by atoms with Crippen LogP contribution in [-0.2, 0) is 4.79 Å². The van der Waals surface area contributed by atoms with Crippen LogP contribution in [0.5, 0.6) is 11.5 Å². The first-order chi connectivity index (χ1) is 21.6. The maximum absolute atomic E-state index is 12.7. The SMILES string of the molecule is C=CC(=O)Nc1cccc(NC(=O)c2cnn(-c3ccc(OC)cc3)c2C)c1.COc1ccc(-n2ncc(C(=O)O)c2C)cc1. The molecule has 0 fully saturated rings. The maximum Gasteiger partial charge on any atom is 0.339 e. The minimum absolute atomic E-state index is 0.209. The summed E-state index contributed by atoms with van der Waals surface area (Å²) in [5.41, 5.74) is 4.72. The van der Waals surface area contributed by atoms with Gasteiger partial charge >= 0.3 is 5.97 Å². The molecule has 2 heterocycles. The van der Waals surface area contributed by atoms with Gasteiger partial charge in [-0.05, 0) is 86.7 Å². The van der Waals surface area contributed by atoms with Crippen molar-refractivity contribution >= 4 is 29.2 Å². The fourth-order valence-electron chi connectivity index (χ4n) is 4.29. The summed E-state index contributed by atoms with van der Waals surface area (Å²) in [6, 6.07) is 21.5. The summed E-state index contributed by atoms with van der Waals surface area (Å²) in [5, 5.41) is 22.8. The highest BCUT2D eigenvalue weighted by Crippen LogP contribution is 2.21. The number of carboxylic acid groups (broad SMARTS) is 1. The molecule has 0 atom stereocenters. The van der Waals surface area contributed by atoms with Gasteiger partial charge in [0.15, 0.2) is 0 Å². The number of aromatic nitrogens is 4. The molecule has 5 rings (SSSR count). The number of carboxylic acids is 1. The molecule has 0 aliphatic rings. The molecule has 3 aromatic carbocycles. The van der Waals surface area contributed by atoms with Crippen molar-refractivity contribution < 1.29 is 29.0 Å². The second kappa shape index (κ2) is 14.3. The van der Waals surface area contributed by atoms with Crippen LogP contribution in [0.2, 0.25) is 0 Å². The van der Waals surface area contributed by atoms with Gasteiger partial charge < -0.3 is 25.2 Å². The normalized spacial score (nSPS) is 10.2. The van der Waals surface area contributed by atoms with E-state index in [1.165, 1.54) is 18.5 Å². The Balaban J connectivity index is 0.000000231. The molecule has 5 aromatic rings. The van der Waals surface area contributed by atoms with Crippen LogP contribution >= 0.6 is 0 Å². The lowest BCUT2D eigenvalue weighted by Gasteiger charge is -2.09. The van der Waals surface area contributed by atoms with E-state index in [-0.39, 0.29) is 17.4 Å². The molecule has 0 radical (unpaired) electrons. The monoisotopic (exact) mass is 608 g/mol. The van der Waals surface area contributed by atoms with Crippen molar-refractivity contribution in [1.29, 1.82) is 0 Å². The largest absolute Gasteiger partial charge is 0.497 e. The van der Waals surface area contributed by atoms with E-state index in [1.54, 1.807) is 66.9 Å². The number of ether oxygens (including phenoxy) is 2. The summed E-state index contributed by atoms with van der Waals surface area (Å²) < 4.78 is 13.5. The molecule has 12 heteroatoms. The zero-order chi connectivity index (χ0) is 32.5. The molecule has 0 aliphatic carbocycles. The average molecular weight is 609 g/mol. The van der Waals surface area contributed by atoms with Crippen LogP contribution < -0.4 is 20.1 Å². The van der Waals surface area contributed by atoms with Crippen LogP contribution in [0.15, 0.2) is 97.8 Å². The minimum Gasteiger partial charge on any atom is -0.497 e.